The highest BCUT2D eigenvalue weighted by Crippen LogP contribution is 2.21. The molecule has 0 fully saturated rings. The van der Waals surface area contributed by atoms with Crippen LogP contribution in [0.25, 0.3) is 0 Å². The molecule has 0 bridgehead atoms. The van der Waals surface area contributed by atoms with Crippen molar-refractivity contribution >= 4 is 11.6 Å². The Hall–Kier alpha value is -1.55. The quantitative estimate of drug-likeness (QED) is 0.845. The number of hydrogen-bond acceptors (Lipinski definition) is 3. The zero-order valence-electron chi connectivity index (χ0n) is 10.6. The van der Waals surface area contributed by atoms with Gasteiger partial charge in [0.25, 0.3) is 0 Å². The summed E-state index contributed by atoms with van der Waals surface area (Å²) in [5, 5.41) is 0. The van der Waals surface area contributed by atoms with Crippen LogP contribution < -0.4 is 15.4 Å². The van der Waals surface area contributed by atoms with Crippen LogP contribution in [0.4, 0.5) is 5.69 Å². The first-order chi connectivity index (χ1) is 8.13. The zero-order chi connectivity index (χ0) is 12.8. The number of hydrogen-bond donors (Lipinski definition) is 1. The van der Waals surface area contributed by atoms with Crippen molar-refractivity contribution in [2.24, 2.45) is 11.7 Å². The van der Waals surface area contributed by atoms with E-state index in [0.29, 0.717) is 6.54 Å². The maximum absolute atomic E-state index is 12.1. The molecule has 1 amide bonds. The first-order valence-electron chi connectivity index (χ1n) is 5.75. The molecular weight excluding hydrogens is 216 g/mol. The van der Waals surface area contributed by atoms with Gasteiger partial charge in [-0.3, -0.25) is 4.79 Å². The smallest absolute Gasteiger partial charge is 0.231 e. The number of carbonyl (C=O) groups excluding carboxylic acids is 1. The van der Waals surface area contributed by atoms with Crippen LogP contribution in [0.1, 0.15) is 13.3 Å². The number of amides is 1. The van der Waals surface area contributed by atoms with Gasteiger partial charge in [-0.05, 0) is 18.6 Å². The molecular formula is C13H20N2O2. The Labute approximate surface area is 102 Å². The van der Waals surface area contributed by atoms with Gasteiger partial charge in [0.2, 0.25) is 5.91 Å². The van der Waals surface area contributed by atoms with Gasteiger partial charge >= 0.3 is 0 Å². The van der Waals surface area contributed by atoms with Crippen LogP contribution in [-0.2, 0) is 4.79 Å². The summed E-state index contributed by atoms with van der Waals surface area (Å²) in [6.45, 7) is 2.35. The molecule has 1 atom stereocenters. The third-order valence-corrected chi connectivity index (χ3v) is 2.90. The SMILES string of the molecule is CCC(CN)C(=O)N(C)c1cccc(OC)c1. The lowest BCUT2D eigenvalue weighted by molar-refractivity contribution is -0.121. The van der Waals surface area contributed by atoms with E-state index >= 15 is 0 Å². The maximum atomic E-state index is 12.1. The lowest BCUT2D eigenvalue weighted by Gasteiger charge is -2.22. The third kappa shape index (κ3) is 3.20. The van der Waals surface area contributed by atoms with E-state index in [1.54, 1.807) is 19.1 Å². The molecule has 0 aliphatic heterocycles. The zero-order valence-corrected chi connectivity index (χ0v) is 10.6. The highest BCUT2D eigenvalue weighted by Gasteiger charge is 2.20. The molecule has 2 N–H and O–H groups in total. The number of nitrogens with zero attached hydrogens (tertiary/aromatic N) is 1. The fraction of sp³-hybridized carbons (Fsp3) is 0.462. The molecule has 1 unspecified atom stereocenters. The van der Waals surface area contributed by atoms with Gasteiger partial charge in [-0.1, -0.05) is 13.0 Å². The molecule has 17 heavy (non-hydrogen) atoms. The summed E-state index contributed by atoms with van der Waals surface area (Å²) in [7, 11) is 3.37. The molecule has 1 aromatic rings. The Bertz CT molecular complexity index is 375. The average molecular weight is 236 g/mol. The second-order valence-corrected chi connectivity index (χ2v) is 3.94. The van der Waals surface area contributed by atoms with Crippen LogP contribution in [0, 0.1) is 5.92 Å². The maximum Gasteiger partial charge on any atom is 0.231 e. The van der Waals surface area contributed by atoms with E-state index in [4.69, 9.17) is 10.5 Å². The Kier molecular flexibility index (Phi) is 4.97. The molecule has 0 saturated heterocycles. The standard InChI is InChI=1S/C13H20N2O2/c1-4-10(9-14)13(16)15(2)11-6-5-7-12(8-11)17-3/h5-8,10H,4,9,14H2,1-3H3. The van der Waals surface area contributed by atoms with Gasteiger partial charge in [0, 0.05) is 25.3 Å². The second-order valence-electron chi connectivity index (χ2n) is 3.94. The van der Waals surface area contributed by atoms with E-state index in [0.717, 1.165) is 17.9 Å². The van der Waals surface area contributed by atoms with Crippen molar-refractivity contribution in [1.82, 2.24) is 0 Å². The second kappa shape index (κ2) is 6.25. The topological polar surface area (TPSA) is 55.6 Å². The lowest BCUT2D eigenvalue weighted by Crippen LogP contribution is -2.36. The summed E-state index contributed by atoms with van der Waals surface area (Å²) in [4.78, 5) is 13.7. The fourth-order valence-electron chi connectivity index (χ4n) is 1.66. The molecule has 1 rings (SSSR count). The number of nitrogens with two attached hydrogens (primary N) is 1. The Morgan fingerprint density at radius 1 is 1.53 bits per heavy atom. The first-order valence-corrected chi connectivity index (χ1v) is 5.75. The molecule has 0 radical (unpaired) electrons. The van der Waals surface area contributed by atoms with Gasteiger partial charge in [-0.15, -0.1) is 0 Å². The highest BCUT2D eigenvalue weighted by molar-refractivity contribution is 5.94. The number of carbonyl (C=O) groups is 1. The number of ether oxygens (including phenoxy) is 1. The Balaban J connectivity index is 2.87. The minimum atomic E-state index is -0.119. The van der Waals surface area contributed by atoms with E-state index in [2.05, 4.69) is 0 Å². The van der Waals surface area contributed by atoms with Crippen LogP contribution in [0.15, 0.2) is 24.3 Å². The third-order valence-electron chi connectivity index (χ3n) is 2.90. The number of anilines is 1. The van der Waals surface area contributed by atoms with E-state index in [1.165, 1.54) is 0 Å². The number of rotatable bonds is 5. The first kappa shape index (κ1) is 13.5. The van der Waals surface area contributed by atoms with Crippen molar-refractivity contribution in [2.45, 2.75) is 13.3 Å². The van der Waals surface area contributed by atoms with Crippen LogP contribution in [-0.4, -0.2) is 26.6 Å². The Morgan fingerprint density at radius 2 is 2.24 bits per heavy atom. The van der Waals surface area contributed by atoms with Gasteiger partial charge in [0.05, 0.1) is 13.0 Å². The average Bonchev–Trinajstić information content (AvgIpc) is 2.39. The van der Waals surface area contributed by atoms with E-state index < -0.39 is 0 Å². The van der Waals surface area contributed by atoms with E-state index in [9.17, 15) is 4.79 Å². The molecule has 1 aromatic carbocycles. The van der Waals surface area contributed by atoms with Gasteiger partial charge in [-0.2, -0.15) is 0 Å². The van der Waals surface area contributed by atoms with Gasteiger partial charge < -0.3 is 15.4 Å². The summed E-state index contributed by atoms with van der Waals surface area (Å²) in [6, 6.07) is 7.42. The van der Waals surface area contributed by atoms with Crippen molar-refractivity contribution in [3.63, 3.8) is 0 Å². The van der Waals surface area contributed by atoms with Crippen molar-refractivity contribution in [3.8, 4) is 5.75 Å². The van der Waals surface area contributed by atoms with Gasteiger partial charge in [0.1, 0.15) is 5.75 Å². The lowest BCUT2D eigenvalue weighted by atomic mass is 10.1. The molecule has 94 valence electrons. The monoisotopic (exact) mass is 236 g/mol. The minimum Gasteiger partial charge on any atom is -0.497 e. The van der Waals surface area contributed by atoms with E-state index in [-0.39, 0.29) is 11.8 Å². The summed E-state index contributed by atoms with van der Waals surface area (Å²) in [5.74, 6) is 0.664. The molecule has 0 spiro atoms. The summed E-state index contributed by atoms with van der Waals surface area (Å²) < 4.78 is 5.14. The van der Waals surface area contributed by atoms with E-state index in [1.807, 2.05) is 31.2 Å². The molecule has 0 aliphatic rings. The van der Waals surface area contributed by atoms with Crippen LogP contribution >= 0.6 is 0 Å². The predicted octanol–water partition coefficient (Wildman–Crippen LogP) is 1.64. The normalized spacial score (nSPS) is 12.0. The summed E-state index contributed by atoms with van der Waals surface area (Å²) in [5.41, 5.74) is 6.40. The van der Waals surface area contributed by atoms with Crippen molar-refractivity contribution in [2.75, 3.05) is 25.6 Å². The number of benzene rings is 1. The predicted molar refractivity (Wildman–Crippen MR) is 69.2 cm³/mol. The summed E-state index contributed by atoms with van der Waals surface area (Å²) >= 11 is 0. The molecule has 0 saturated carbocycles. The molecule has 0 aromatic heterocycles. The molecule has 4 heteroatoms. The minimum absolute atomic E-state index is 0.0447. The van der Waals surface area contributed by atoms with Crippen LogP contribution in [0.2, 0.25) is 0 Å². The number of methoxy groups -OCH3 is 1. The molecule has 0 aliphatic carbocycles. The van der Waals surface area contributed by atoms with Crippen LogP contribution in [0.5, 0.6) is 5.75 Å². The molecule has 0 heterocycles. The van der Waals surface area contributed by atoms with Gasteiger partial charge in [0.15, 0.2) is 0 Å². The highest BCUT2D eigenvalue weighted by atomic mass is 16.5. The van der Waals surface area contributed by atoms with Crippen molar-refractivity contribution in [1.29, 1.82) is 0 Å². The molecule has 4 nitrogen and oxygen atoms in total. The fourth-order valence-corrected chi connectivity index (χ4v) is 1.66. The Morgan fingerprint density at radius 3 is 2.76 bits per heavy atom. The van der Waals surface area contributed by atoms with Crippen LogP contribution in [0.3, 0.4) is 0 Å². The van der Waals surface area contributed by atoms with Crippen molar-refractivity contribution < 1.29 is 9.53 Å². The van der Waals surface area contributed by atoms with Crippen molar-refractivity contribution in [3.05, 3.63) is 24.3 Å². The van der Waals surface area contributed by atoms with Gasteiger partial charge in [-0.25, -0.2) is 0 Å². The largest absolute Gasteiger partial charge is 0.497 e. The summed E-state index contributed by atoms with van der Waals surface area (Å²) in [6.07, 6.45) is 0.754.